The fourth-order valence-electron chi connectivity index (χ4n) is 1.64. The molecule has 0 atom stereocenters. The van der Waals surface area contributed by atoms with Gasteiger partial charge in [-0.25, -0.2) is 0 Å². The minimum Gasteiger partial charge on any atom is -0.379 e. The molecular formula is C12H30N2OSi. The van der Waals surface area contributed by atoms with Gasteiger partial charge in [-0.05, 0) is 46.2 Å². The van der Waals surface area contributed by atoms with Gasteiger partial charge in [0, 0.05) is 6.23 Å². The maximum atomic E-state index is 6.06. The molecule has 0 aromatic heterocycles. The molecule has 16 heavy (non-hydrogen) atoms. The van der Waals surface area contributed by atoms with Gasteiger partial charge in [0.05, 0.1) is 13.7 Å². The zero-order chi connectivity index (χ0) is 12.7. The summed E-state index contributed by atoms with van der Waals surface area (Å²) >= 11 is 0. The van der Waals surface area contributed by atoms with Crippen LogP contribution in [0.5, 0.6) is 0 Å². The number of nitrogens with two attached hydrogens (primary N) is 2. The van der Waals surface area contributed by atoms with E-state index in [2.05, 4.69) is 26.9 Å². The normalized spacial score (nSPS) is 13.1. The minimum atomic E-state index is -1.21. The topological polar surface area (TPSA) is 61.3 Å². The van der Waals surface area contributed by atoms with Crippen LogP contribution in [-0.4, -0.2) is 33.0 Å². The van der Waals surface area contributed by atoms with E-state index in [9.17, 15) is 0 Å². The van der Waals surface area contributed by atoms with Crippen LogP contribution in [0, 0.1) is 0 Å². The van der Waals surface area contributed by atoms with Gasteiger partial charge in [0.1, 0.15) is 0 Å². The van der Waals surface area contributed by atoms with Crippen molar-refractivity contribution in [3.05, 3.63) is 0 Å². The van der Waals surface area contributed by atoms with Crippen LogP contribution in [0.25, 0.3) is 0 Å². The highest BCUT2D eigenvalue weighted by atomic mass is 28.3. The lowest BCUT2D eigenvalue weighted by atomic mass is 10.0. The molecule has 3 nitrogen and oxygen atoms in total. The van der Waals surface area contributed by atoms with E-state index in [1.807, 2.05) is 0 Å². The third kappa shape index (κ3) is 8.27. The van der Waals surface area contributed by atoms with Crippen LogP contribution in [0.1, 0.15) is 33.1 Å². The highest BCUT2D eigenvalue weighted by Gasteiger charge is 2.25. The Labute approximate surface area is 102 Å². The van der Waals surface area contributed by atoms with Crippen LogP contribution in [0.15, 0.2) is 0 Å². The van der Waals surface area contributed by atoms with Crippen molar-refractivity contribution >= 4 is 8.07 Å². The second-order valence-electron chi connectivity index (χ2n) is 6.00. The largest absolute Gasteiger partial charge is 0.379 e. The highest BCUT2D eigenvalue weighted by molar-refractivity contribution is 6.77. The molecule has 4 N–H and O–H groups in total. The second-order valence-corrected chi connectivity index (χ2v) is 11.1. The molecule has 0 radical (unpaired) electrons. The van der Waals surface area contributed by atoms with E-state index in [0.29, 0.717) is 0 Å². The summed E-state index contributed by atoms with van der Waals surface area (Å²) < 4.78 is 6.06. The number of hydrogen-bond acceptors (Lipinski definition) is 3. The lowest BCUT2D eigenvalue weighted by Gasteiger charge is -2.31. The molecule has 0 aromatic rings. The lowest BCUT2D eigenvalue weighted by Crippen LogP contribution is -2.38. The number of rotatable bonds is 9. The van der Waals surface area contributed by atoms with Crippen molar-refractivity contribution in [3.8, 4) is 0 Å². The van der Waals surface area contributed by atoms with Crippen molar-refractivity contribution in [3.63, 3.8) is 0 Å². The second kappa shape index (κ2) is 7.43. The smallest absolute Gasteiger partial charge is 0.0777 e. The fraction of sp³-hybridized carbons (Fsp3) is 1.00. The predicted molar refractivity (Wildman–Crippen MR) is 74.3 cm³/mol. The lowest BCUT2D eigenvalue weighted by molar-refractivity contribution is -0.00177. The molecule has 0 aliphatic heterocycles. The van der Waals surface area contributed by atoms with Crippen molar-refractivity contribution in [2.24, 2.45) is 11.5 Å². The van der Waals surface area contributed by atoms with Gasteiger partial charge in [0.25, 0.3) is 0 Å². The molecule has 4 heteroatoms. The summed E-state index contributed by atoms with van der Waals surface area (Å²) in [7, 11) is -1.21. The third-order valence-electron chi connectivity index (χ3n) is 2.89. The first kappa shape index (κ1) is 16.1. The van der Waals surface area contributed by atoms with Crippen LogP contribution in [0.4, 0.5) is 0 Å². The molecule has 0 heterocycles. The van der Waals surface area contributed by atoms with Crippen LogP contribution in [-0.2, 0) is 4.74 Å². The van der Waals surface area contributed by atoms with E-state index in [0.717, 1.165) is 38.6 Å². The van der Waals surface area contributed by atoms with Gasteiger partial charge in [-0.3, -0.25) is 0 Å². The average Bonchev–Trinajstić information content (AvgIpc) is 2.22. The predicted octanol–water partition coefficient (Wildman–Crippen LogP) is 2.12. The molecule has 0 spiro atoms. The maximum absolute atomic E-state index is 6.06. The quantitative estimate of drug-likeness (QED) is 0.613. The van der Waals surface area contributed by atoms with Gasteiger partial charge in [0.15, 0.2) is 0 Å². The molecule has 0 aromatic carbocycles. The molecule has 0 saturated carbocycles. The Morgan fingerprint density at radius 2 is 1.62 bits per heavy atom. The molecule has 0 saturated heterocycles. The maximum Gasteiger partial charge on any atom is 0.0777 e. The van der Waals surface area contributed by atoms with E-state index in [1.54, 1.807) is 0 Å². The first-order valence-electron chi connectivity index (χ1n) is 6.37. The number of ether oxygens (including phenoxy) is 1. The molecule has 0 rings (SSSR count). The van der Waals surface area contributed by atoms with Gasteiger partial charge in [-0.15, -0.1) is 0 Å². The van der Waals surface area contributed by atoms with E-state index in [1.165, 1.54) is 6.04 Å². The van der Waals surface area contributed by atoms with Crippen LogP contribution >= 0.6 is 0 Å². The first-order valence-corrected chi connectivity index (χ1v) is 9.78. The van der Waals surface area contributed by atoms with Crippen molar-refractivity contribution in [2.75, 3.05) is 19.3 Å². The van der Waals surface area contributed by atoms with Crippen LogP contribution in [0.3, 0.4) is 0 Å². The van der Waals surface area contributed by atoms with Gasteiger partial charge < -0.3 is 16.2 Å². The Morgan fingerprint density at radius 3 is 2.12 bits per heavy atom. The van der Waals surface area contributed by atoms with Crippen molar-refractivity contribution in [1.82, 2.24) is 0 Å². The Bertz CT molecular complexity index is 164. The standard InChI is InChI=1S/C12H30N2OSi/c1-12(2,7-5-8-13)15-11-16(3,4)10-6-9-14/h5-11,13-14H2,1-4H3. The monoisotopic (exact) mass is 246 g/mol. The summed E-state index contributed by atoms with van der Waals surface area (Å²) in [5.41, 5.74) is 11.1. The average molecular weight is 246 g/mol. The Hall–Kier alpha value is 0.0969. The molecular weight excluding hydrogens is 216 g/mol. The van der Waals surface area contributed by atoms with Crippen molar-refractivity contribution in [1.29, 1.82) is 0 Å². The highest BCUT2D eigenvalue weighted by Crippen LogP contribution is 2.20. The summed E-state index contributed by atoms with van der Waals surface area (Å²) in [4.78, 5) is 0. The fourth-order valence-corrected chi connectivity index (χ4v) is 3.73. The molecule has 0 aliphatic rings. The number of hydrogen-bond donors (Lipinski definition) is 2. The van der Waals surface area contributed by atoms with Gasteiger partial charge in [0.2, 0.25) is 0 Å². The molecule has 98 valence electrons. The van der Waals surface area contributed by atoms with Gasteiger partial charge in [-0.1, -0.05) is 19.1 Å². The summed E-state index contributed by atoms with van der Waals surface area (Å²) in [5, 5.41) is 0. The molecule has 0 fully saturated rings. The van der Waals surface area contributed by atoms with Crippen LogP contribution in [0.2, 0.25) is 19.1 Å². The van der Waals surface area contributed by atoms with E-state index in [-0.39, 0.29) is 5.60 Å². The summed E-state index contributed by atoms with van der Waals surface area (Å²) in [5.74, 6) is 0. The van der Waals surface area contributed by atoms with Gasteiger partial charge in [-0.2, -0.15) is 0 Å². The zero-order valence-electron chi connectivity index (χ0n) is 11.5. The van der Waals surface area contributed by atoms with Crippen molar-refractivity contribution in [2.45, 2.75) is 57.8 Å². The molecule has 0 bridgehead atoms. The first-order chi connectivity index (χ1) is 7.33. The Balaban J connectivity index is 3.91. The Morgan fingerprint density at radius 1 is 1.06 bits per heavy atom. The minimum absolute atomic E-state index is 0.0215. The molecule has 0 unspecified atom stereocenters. The Kier molecular flexibility index (Phi) is 7.47. The third-order valence-corrected chi connectivity index (χ3v) is 5.53. The van der Waals surface area contributed by atoms with E-state index >= 15 is 0 Å². The van der Waals surface area contributed by atoms with E-state index < -0.39 is 8.07 Å². The molecule has 0 aliphatic carbocycles. The van der Waals surface area contributed by atoms with E-state index in [4.69, 9.17) is 16.2 Å². The summed E-state index contributed by atoms with van der Waals surface area (Å²) in [6.45, 7) is 10.6. The van der Waals surface area contributed by atoms with Crippen molar-refractivity contribution < 1.29 is 4.74 Å². The molecule has 0 amide bonds. The SMILES string of the molecule is CC(C)(CCCN)OC[Si](C)(C)CCCN. The summed E-state index contributed by atoms with van der Waals surface area (Å²) in [6, 6.07) is 1.26. The van der Waals surface area contributed by atoms with Crippen LogP contribution < -0.4 is 11.5 Å². The summed E-state index contributed by atoms with van der Waals surface area (Å²) in [6.07, 6.45) is 4.15. The zero-order valence-corrected chi connectivity index (χ0v) is 12.5. The van der Waals surface area contributed by atoms with Gasteiger partial charge >= 0.3 is 0 Å².